The highest BCUT2D eigenvalue weighted by Crippen LogP contribution is 2.00. The Morgan fingerprint density at radius 2 is 1.19 bits per heavy atom. The molecule has 126 valence electrons. The van der Waals surface area contributed by atoms with Gasteiger partial charge in [-0.25, -0.2) is 4.79 Å². The molecule has 0 rings (SSSR count). The average molecular weight is 327 g/mol. The summed E-state index contributed by atoms with van der Waals surface area (Å²) in [6.07, 6.45) is 4.46. The molecule has 6 nitrogen and oxygen atoms in total. The summed E-state index contributed by atoms with van der Waals surface area (Å²) in [5, 5.41) is 8.33. The van der Waals surface area contributed by atoms with Crippen LogP contribution in [0.5, 0.6) is 0 Å². The number of aliphatic carboxylic acids is 1. The first-order valence-corrected chi connectivity index (χ1v) is 7.89. The molecule has 0 aromatic carbocycles. The van der Waals surface area contributed by atoms with Crippen LogP contribution in [-0.2, 0) is 23.7 Å². The normalized spacial score (nSPS) is 10.9. The van der Waals surface area contributed by atoms with Crippen LogP contribution < -0.4 is 0 Å². The maximum absolute atomic E-state index is 10.1. The van der Waals surface area contributed by atoms with Crippen molar-refractivity contribution in [2.45, 2.75) is 25.7 Å². The van der Waals surface area contributed by atoms with E-state index in [1.807, 2.05) is 0 Å². The number of carboxylic acid groups (broad SMARTS) is 1. The van der Waals surface area contributed by atoms with Crippen molar-refractivity contribution in [3.63, 3.8) is 0 Å². The van der Waals surface area contributed by atoms with Crippen molar-refractivity contribution in [1.82, 2.24) is 0 Å². The number of ether oxygens (including phenoxy) is 4. The molecule has 0 aromatic rings. The minimum Gasteiger partial charge on any atom is -0.480 e. The third-order valence-electron chi connectivity index (χ3n) is 2.51. The van der Waals surface area contributed by atoms with Crippen molar-refractivity contribution in [3.8, 4) is 0 Å². The molecule has 7 heteroatoms. The first-order valence-electron chi connectivity index (χ1n) is 7.36. The van der Waals surface area contributed by atoms with E-state index in [1.165, 1.54) is 0 Å². The lowest BCUT2D eigenvalue weighted by Gasteiger charge is -2.07. The summed E-state index contributed by atoms with van der Waals surface area (Å²) >= 11 is 5.58. The zero-order chi connectivity index (χ0) is 15.6. The van der Waals surface area contributed by atoms with Crippen LogP contribution in [0.3, 0.4) is 0 Å². The molecule has 0 aliphatic heterocycles. The largest absolute Gasteiger partial charge is 0.480 e. The lowest BCUT2D eigenvalue weighted by atomic mass is 10.2. The minimum atomic E-state index is -0.975. The van der Waals surface area contributed by atoms with E-state index in [4.69, 9.17) is 35.7 Å². The van der Waals surface area contributed by atoms with Gasteiger partial charge in [0.05, 0.1) is 39.6 Å². The van der Waals surface area contributed by atoms with E-state index in [0.29, 0.717) is 33.0 Å². The Labute approximate surface area is 131 Å². The predicted octanol–water partition coefficient (Wildman–Crippen LogP) is 1.94. The van der Waals surface area contributed by atoms with Crippen molar-refractivity contribution < 1.29 is 28.8 Å². The van der Waals surface area contributed by atoms with Gasteiger partial charge in [0.2, 0.25) is 0 Å². The lowest BCUT2D eigenvalue weighted by Crippen LogP contribution is -2.14. The van der Waals surface area contributed by atoms with E-state index >= 15 is 0 Å². The van der Waals surface area contributed by atoms with Crippen LogP contribution in [0.1, 0.15) is 25.7 Å². The van der Waals surface area contributed by atoms with Gasteiger partial charge in [0, 0.05) is 12.5 Å². The molecule has 21 heavy (non-hydrogen) atoms. The molecule has 0 bridgehead atoms. The third-order valence-corrected chi connectivity index (χ3v) is 2.78. The van der Waals surface area contributed by atoms with E-state index in [-0.39, 0.29) is 13.2 Å². The standard InChI is InChI=1S/C14H27ClO6/c15-5-3-1-2-4-6-18-7-8-19-9-10-20-11-12-21-13-14(16)17/h1-13H2,(H,16,17). The van der Waals surface area contributed by atoms with Gasteiger partial charge in [0.1, 0.15) is 6.61 Å². The highest BCUT2D eigenvalue weighted by molar-refractivity contribution is 6.17. The Hall–Kier alpha value is -0.400. The fourth-order valence-electron chi connectivity index (χ4n) is 1.47. The maximum atomic E-state index is 10.1. The fraction of sp³-hybridized carbons (Fsp3) is 0.929. The number of rotatable bonds is 17. The summed E-state index contributed by atoms with van der Waals surface area (Å²) < 4.78 is 20.8. The highest BCUT2D eigenvalue weighted by Gasteiger charge is 1.96. The summed E-state index contributed by atoms with van der Waals surface area (Å²) in [7, 11) is 0. The van der Waals surface area contributed by atoms with Crippen LogP contribution in [0.25, 0.3) is 0 Å². The van der Waals surface area contributed by atoms with Gasteiger partial charge in [-0.3, -0.25) is 0 Å². The minimum absolute atomic E-state index is 0.277. The molecule has 0 aliphatic rings. The van der Waals surface area contributed by atoms with Crippen molar-refractivity contribution in [2.24, 2.45) is 0 Å². The van der Waals surface area contributed by atoms with Gasteiger partial charge in [-0.15, -0.1) is 11.6 Å². The Morgan fingerprint density at radius 1 is 0.714 bits per heavy atom. The predicted molar refractivity (Wildman–Crippen MR) is 80.1 cm³/mol. The molecular formula is C14H27ClO6. The van der Waals surface area contributed by atoms with Crippen LogP contribution >= 0.6 is 11.6 Å². The van der Waals surface area contributed by atoms with Crippen LogP contribution in [-0.4, -0.2) is 69.8 Å². The lowest BCUT2D eigenvalue weighted by molar-refractivity contribution is -0.142. The van der Waals surface area contributed by atoms with Gasteiger partial charge in [-0.1, -0.05) is 12.8 Å². The Morgan fingerprint density at radius 3 is 1.71 bits per heavy atom. The van der Waals surface area contributed by atoms with Gasteiger partial charge < -0.3 is 24.1 Å². The molecular weight excluding hydrogens is 300 g/mol. The number of halogens is 1. The molecule has 0 unspecified atom stereocenters. The second-order valence-electron chi connectivity index (χ2n) is 4.39. The fourth-order valence-corrected chi connectivity index (χ4v) is 1.66. The number of carboxylic acids is 1. The van der Waals surface area contributed by atoms with E-state index in [2.05, 4.69) is 0 Å². The van der Waals surface area contributed by atoms with Gasteiger partial charge in [-0.05, 0) is 12.8 Å². The number of hydrogen-bond acceptors (Lipinski definition) is 5. The molecule has 0 atom stereocenters. The van der Waals surface area contributed by atoms with Crippen LogP contribution in [0.15, 0.2) is 0 Å². The summed E-state index contributed by atoms with van der Waals surface area (Å²) in [6, 6.07) is 0. The highest BCUT2D eigenvalue weighted by atomic mass is 35.5. The Balaban J connectivity index is 2.95. The molecule has 0 fully saturated rings. The van der Waals surface area contributed by atoms with E-state index < -0.39 is 5.97 Å². The quantitative estimate of drug-likeness (QED) is 0.325. The second kappa shape index (κ2) is 17.7. The van der Waals surface area contributed by atoms with E-state index in [1.54, 1.807) is 0 Å². The first kappa shape index (κ1) is 20.6. The second-order valence-corrected chi connectivity index (χ2v) is 4.76. The zero-order valence-electron chi connectivity index (χ0n) is 12.6. The summed E-state index contributed by atoms with van der Waals surface area (Å²) in [5.74, 6) is -0.236. The number of hydrogen-bond donors (Lipinski definition) is 1. The van der Waals surface area contributed by atoms with Gasteiger partial charge in [0.15, 0.2) is 0 Å². The Kier molecular flexibility index (Phi) is 17.3. The molecule has 0 aliphatic carbocycles. The molecule has 0 spiro atoms. The van der Waals surface area contributed by atoms with Gasteiger partial charge in [-0.2, -0.15) is 0 Å². The third kappa shape index (κ3) is 19.6. The average Bonchev–Trinajstić information content (AvgIpc) is 2.46. The van der Waals surface area contributed by atoms with E-state index in [0.717, 1.165) is 38.2 Å². The first-order chi connectivity index (χ1) is 10.3. The molecule has 1 N–H and O–H groups in total. The number of alkyl halides is 1. The molecule has 0 amide bonds. The monoisotopic (exact) mass is 326 g/mol. The van der Waals surface area contributed by atoms with E-state index in [9.17, 15) is 4.79 Å². The molecule has 0 saturated heterocycles. The number of carbonyl (C=O) groups is 1. The SMILES string of the molecule is O=C(O)COCCOCCOCCOCCCCCCCl. The van der Waals surface area contributed by atoms with Gasteiger partial charge >= 0.3 is 5.97 Å². The molecule has 0 radical (unpaired) electrons. The van der Waals surface area contributed by atoms with Crippen molar-refractivity contribution >= 4 is 17.6 Å². The van der Waals surface area contributed by atoms with Crippen LogP contribution in [0.4, 0.5) is 0 Å². The number of unbranched alkanes of at least 4 members (excludes halogenated alkanes) is 3. The van der Waals surface area contributed by atoms with Crippen molar-refractivity contribution in [2.75, 3.05) is 58.7 Å². The summed E-state index contributed by atoms with van der Waals surface area (Å²) in [4.78, 5) is 10.1. The summed E-state index contributed by atoms with van der Waals surface area (Å²) in [5.41, 5.74) is 0. The topological polar surface area (TPSA) is 74.2 Å². The van der Waals surface area contributed by atoms with Crippen LogP contribution in [0, 0.1) is 0 Å². The van der Waals surface area contributed by atoms with Crippen molar-refractivity contribution in [3.05, 3.63) is 0 Å². The van der Waals surface area contributed by atoms with Crippen molar-refractivity contribution in [1.29, 1.82) is 0 Å². The smallest absolute Gasteiger partial charge is 0.329 e. The molecule has 0 heterocycles. The summed E-state index contributed by atoms with van der Waals surface area (Å²) in [6.45, 7) is 3.24. The van der Waals surface area contributed by atoms with Crippen LogP contribution in [0.2, 0.25) is 0 Å². The molecule has 0 aromatic heterocycles. The zero-order valence-corrected chi connectivity index (χ0v) is 13.3. The Bertz CT molecular complexity index is 228. The van der Waals surface area contributed by atoms with Gasteiger partial charge in [0.25, 0.3) is 0 Å². The maximum Gasteiger partial charge on any atom is 0.329 e. The molecule has 0 saturated carbocycles.